The number of thiophene rings is 1. The highest BCUT2D eigenvalue weighted by atomic mass is 32.1. The third-order valence-electron chi connectivity index (χ3n) is 7.35. The molecule has 1 aromatic carbocycles. The van der Waals surface area contributed by atoms with Gasteiger partial charge in [-0.3, -0.25) is 9.59 Å². The molecular formula is C30H36N4O3S. The van der Waals surface area contributed by atoms with Gasteiger partial charge in [0.25, 0.3) is 5.91 Å². The lowest BCUT2D eigenvalue weighted by Crippen LogP contribution is -2.48. The van der Waals surface area contributed by atoms with Gasteiger partial charge >= 0.3 is 0 Å². The number of aromatic nitrogens is 1. The number of ether oxygens (including phenoxy) is 1. The van der Waals surface area contributed by atoms with Gasteiger partial charge in [-0.05, 0) is 93.9 Å². The molecular weight excluding hydrogens is 496 g/mol. The number of pyridine rings is 1. The number of piperazine rings is 1. The van der Waals surface area contributed by atoms with Gasteiger partial charge in [-0.2, -0.15) is 0 Å². The zero-order chi connectivity index (χ0) is 26.9. The Morgan fingerprint density at radius 3 is 2.39 bits per heavy atom. The quantitative estimate of drug-likeness (QED) is 0.432. The first-order valence-electron chi connectivity index (χ1n) is 13.3. The van der Waals surface area contributed by atoms with Gasteiger partial charge in [0.15, 0.2) is 5.78 Å². The molecule has 2 aromatic heterocycles. The predicted octanol–water partition coefficient (Wildman–Crippen LogP) is 5.34. The Kier molecular flexibility index (Phi) is 7.54. The van der Waals surface area contributed by atoms with Crippen LogP contribution >= 0.6 is 11.3 Å². The van der Waals surface area contributed by atoms with Gasteiger partial charge < -0.3 is 19.9 Å². The number of nitrogens with one attached hydrogen (secondary N) is 1. The van der Waals surface area contributed by atoms with Crippen LogP contribution in [-0.4, -0.2) is 61.1 Å². The van der Waals surface area contributed by atoms with Crippen molar-refractivity contribution >= 4 is 34.5 Å². The molecule has 0 spiro atoms. The fraction of sp³-hybridized carbons (Fsp3) is 0.433. The fourth-order valence-electron chi connectivity index (χ4n) is 5.27. The van der Waals surface area contributed by atoms with Crippen molar-refractivity contribution in [2.75, 3.05) is 42.6 Å². The molecule has 2 aliphatic rings. The zero-order valence-corrected chi connectivity index (χ0v) is 23.4. The number of benzene rings is 1. The zero-order valence-electron chi connectivity index (χ0n) is 22.6. The molecule has 2 saturated heterocycles. The minimum absolute atomic E-state index is 0.0726. The standard InChI is InChI=1S/C30H36N4O3S/c1-20-17-27(38-19-20)26-10-9-25(29(36)31-23-11-16-37-30(3,4)18-23)28(32-26)34-14-12-33(13-15-34)24-7-5-22(6-8-24)21(2)35/h5-10,17,19,23H,11-16,18H2,1-4H3,(H,31,36). The smallest absolute Gasteiger partial charge is 0.255 e. The van der Waals surface area contributed by atoms with Gasteiger partial charge in [-0.25, -0.2) is 4.98 Å². The van der Waals surface area contributed by atoms with E-state index in [2.05, 4.69) is 47.3 Å². The van der Waals surface area contributed by atoms with Crippen molar-refractivity contribution in [3.63, 3.8) is 0 Å². The van der Waals surface area contributed by atoms with E-state index in [1.807, 2.05) is 36.4 Å². The van der Waals surface area contributed by atoms with Crippen LogP contribution < -0.4 is 15.1 Å². The van der Waals surface area contributed by atoms with Gasteiger partial charge in [0.1, 0.15) is 5.82 Å². The minimum atomic E-state index is -0.239. The molecule has 0 bridgehead atoms. The van der Waals surface area contributed by atoms with E-state index in [0.29, 0.717) is 12.2 Å². The first kappa shape index (κ1) is 26.4. The number of carbonyl (C=O) groups excluding carboxylic acids is 2. The van der Waals surface area contributed by atoms with E-state index in [-0.39, 0.29) is 23.3 Å². The van der Waals surface area contributed by atoms with Gasteiger partial charge in [0.05, 0.1) is 21.7 Å². The molecule has 38 heavy (non-hydrogen) atoms. The molecule has 200 valence electrons. The third-order valence-corrected chi connectivity index (χ3v) is 8.42. The molecule has 0 saturated carbocycles. The molecule has 8 heteroatoms. The number of Topliss-reactive ketones (excluding diaryl/α,β-unsaturated/α-hetero) is 1. The van der Waals surface area contributed by atoms with Crippen molar-refractivity contribution < 1.29 is 14.3 Å². The summed E-state index contributed by atoms with van der Waals surface area (Å²) in [5, 5.41) is 5.39. The number of hydrogen-bond donors (Lipinski definition) is 1. The van der Waals surface area contributed by atoms with E-state index >= 15 is 0 Å². The number of carbonyl (C=O) groups is 2. The topological polar surface area (TPSA) is 74.8 Å². The van der Waals surface area contributed by atoms with Crippen LogP contribution in [0.4, 0.5) is 11.5 Å². The number of aryl methyl sites for hydroxylation is 1. The molecule has 3 aromatic rings. The Morgan fingerprint density at radius 1 is 1.05 bits per heavy atom. The lowest BCUT2D eigenvalue weighted by molar-refractivity contribution is -0.0615. The maximum atomic E-state index is 13.6. The van der Waals surface area contributed by atoms with Gasteiger partial charge in [0, 0.05) is 50.1 Å². The van der Waals surface area contributed by atoms with E-state index in [9.17, 15) is 9.59 Å². The highest BCUT2D eigenvalue weighted by Crippen LogP contribution is 2.31. The Balaban J connectivity index is 1.37. The van der Waals surface area contributed by atoms with Crippen molar-refractivity contribution in [1.29, 1.82) is 0 Å². The molecule has 4 heterocycles. The number of rotatable bonds is 6. The number of anilines is 2. The molecule has 0 radical (unpaired) electrons. The molecule has 2 fully saturated rings. The SMILES string of the molecule is CC(=O)c1ccc(N2CCN(c3nc(-c4cc(C)cs4)ccc3C(=O)NC3CCOC(C)(C)C3)CC2)cc1. The normalized spacial score (nSPS) is 19.3. The predicted molar refractivity (Wildman–Crippen MR) is 154 cm³/mol. The molecule has 7 nitrogen and oxygen atoms in total. The second-order valence-corrected chi connectivity index (χ2v) is 11.8. The van der Waals surface area contributed by atoms with Crippen LogP contribution in [0.2, 0.25) is 0 Å². The van der Waals surface area contributed by atoms with Crippen LogP contribution in [0.15, 0.2) is 47.8 Å². The van der Waals surface area contributed by atoms with E-state index < -0.39 is 0 Å². The monoisotopic (exact) mass is 532 g/mol. The minimum Gasteiger partial charge on any atom is -0.375 e. The average Bonchev–Trinajstić information content (AvgIpc) is 3.34. The van der Waals surface area contributed by atoms with E-state index in [0.717, 1.165) is 66.7 Å². The fourth-order valence-corrected chi connectivity index (χ4v) is 6.14. The molecule has 5 rings (SSSR count). The molecule has 0 aliphatic carbocycles. The summed E-state index contributed by atoms with van der Waals surface area (Å²) in [4.78, 5) is 35.9. The second kappa shape index (κ2) is 10.9. The Labute approximate surface area is 228 Å². The number of amides is 1. The van der Waals surface area contributed by atoms with Gasteiger partial charge in [-0.15, -0.1) is 11.3 Å². The van der Waals surface area contributed by atoms with Gasteiger partial charge in [0.2, 0.25) is 0 Å². The summed E-state index contributed by atoms with van der Waals surface area (Å²) in [5.74, 6) is 0.735. The van der Waals surface area contributed by atoms with Crippen LogP contribution in [0.1, 0.15) is 59.9 Å². The average molecular weight is 533 g/mol. The summed E-state index contributed by atoms with van der Waals surface area (Å²) in [6.45, 7) is 11.6. The highest BCUT2D eigenvalue weighted by molar-refractivity contribution is 7.13. The van der Waals surface area contributed by atoms with Gasteiger partial charge in [-0.1, -0.05) is 0 Å². The number of hydrogen-bond acceptors (Lipinski definition) is 7. The van der Waals surface area contributed by atoms with Crippen molar-refractivity contribution in [2.45, 2.75) is 52.2 Å². The summed E-state index contributed by atoms with van der Waals surface area (Å²) < 4.78 is 5.84. The van der Waals surface area contributed by atoms with Crippen molar-refractivity contribution in [2.24, 2.45) is 0 Å². The second-order valence-electron chi connectivity index (χ2n) is 10.9. The number of ketones is 1. The van der Waals surface area contributed by atoms with Crippen molar-refractivity contribution in [1.82, 2.24) is 10.3 Å². The van der Waals surface area contributed by atoms with E-state index in [1.165, 1.54) is 5.56 Å². The summed E-state index contributed by atoms with van der Waals surface area (Å²) in [5.41, 5.74) is 4.31. The Morgan fingerprint density at radius 2 is 1.76 bits per heavy atom. The summed E-state index contributed by atoms with van der Waals surface area (Å²) in [7, 11) is 0. The van der Waals surface area contributed by atoms with Crippen LogP contribution in [0.5, 0.6) is 0 Å². The largest absolute Gasteiger partial charge is 0.375 e. The lowest BCUT2D eigenvalue weighted by atomic mass is 9.93. The van der Waals surface area contributed by atoms with Crippen LogP contribution in [0.3, 0.4) is 0 Å². The molecule has 1 unspecified atom stereocenters. The molecule has 1 atom stereocenters. The van der Waals surface area contributed by atoms with E-state index in [1.54, 1.807) is 18.3 Å². The van der Waals surface area contributed by atoms with Crippen LogP contribution in [0, 0.1) is 6.92 Å². The molecule has 1 amide bonds. The number of nitrogens with zero attached hydrogens (tertiary/aromatic N) is 3. The van der Waals surface area contributed by atoms with Crippen LogP contribution in [0.25, 0.3) is 10.6 Å². The maximum absolute atomic E-state index is 13.6. The molecule has 2 aliphatic heterocycles. The summed E-state index contributed by atoms with van der Waals surface area (Å²) in [6.07, 6.45) is 1.60. The van der Waals surface area contributed by atoms with Crippen molar-refractivity contribution in [3.05, 3.63) is 64.5 Å². The first-order valence-corrected chi connectivity index (χ1v) is 14.2. The Bertz CT molecular complexity index is 1310. The van der Waals surface area contributed by atoms with Crippen LogP contribution in [-0.2, 0) is 4.74 Å². The Hall–Kier alpha value is -3.23. The lowest BCUT2D eigenvalue weighted by Gasteiger charge is -2.38. The maximum Gasteiger partial charge on any atom is 0.255 e. The highest BCUT2D eigenvalue weighted by Gasteiger charge is 2.31. The van der Waals surface area contributed by atoms with E-state index in [4.69, 9.17) is 9.72 Å². The van der Waals surface area contributed by atoms with Crippen molar-refractivity contribution in [3.8, 4) is 10.6 Å². The molecule has 1 N–H and O–H groups in total. The third kappa shape index (κ3) is 5.92. The first-order chi connectivity index (χ1) is 18.2. The summed E-state index contributed by atoms with van der Waals surface area (Å²) >= 11 is 1.67. The summed E-state index contributed by atoms with van der Waals surface area (Å²) in [6, 6.07) is 13.9.